The molecule has 2 aliphatic heterocycles. The molecule has 3 rings (SSSR count). The molecule has 98 valence electrons. The lowest BCUT2D eigenvalue weighted by Crippen LogP contribution is -2.52. The summed E-state index contributed by atoms with van der Waals surface area (Å²) in [6.45, 7) is 5.94. The number of ether oxygens (including phenoxy) is 2. The first-order chi connectivity index (χ1) is 8.81. The Hall–Kier alpha value is -1.20. The van der Waals surface area contributed by atoms with Crippen LogP contribution in [0.3, 0.4) is 0 Å². The molecular weight excluding hydrogens is 230 g/mol. The fourth-order valence-electron chi connectivity index (χ4n) is 2.38. The Balaban J connectivity index is 1.48. The van der Waals surface area contributed by atoms with Crippen LogP contribution in [0.1, 0.15) is 18.4 Å². The summed E-state index contributed by atoms with van der Waals surface area (Å²) in [5, 5.41) is 0. The quantitative estimate of drug-likeness (QED) is 0.800. The number of piperidine rings is 1. The topological polar surface area (TPSA) is 47.5 Å². The zero-order valence-electron chi connectivity index (χ0n) is 10.7. The Kier molecular flexibility index (Phi) is 3.43. The first-order valence-corrected chi connectivity index (χ1v) is 6.58. The third kappa shape index (κ3) is 2.62. The van der Waals surface area contributed by atoms with Crippen LogP contribution in [-0.2, 0) is 4.74 Å². The first-order valence-electron chi connectivity index (χ1n) is 6.58. The van der Waals surface area contributed by atoms with Gasteiger partial charge in [-0.15, -0.1) is 0 Å². The molecule has 2 fully saturated rings. The molecule has 5 heteroatoms. The molecule has 18 heavy (non-hydrogen) atoms. The van der Waals surface area contributed by atoms with Crippen molar-refractivity contribution >= 4 is 0 Å². The van der Waals surface area contributed by atoms with Crippen molar-refractivity contribution in [3.63, 3.8) is 0 Å². The predicted molar refractivity (Wildman–Crippen MR) is 66.6 cm³/mol. The highest BCUT2D eigenvalue weighted by molar-refractivity contribution is 5.05. The number of nitrogens with zero attached hydrogens (tertiary/aromatic N) is 3. The Labute approximate surface area is 107 Å². The molecule has 2 aliphatic rings. The largest absolute Gasteiger partial charge is 0.460 e. The van der Waals surface area contributed by atoms with Crippen LogP contribution in [0.2, 0.25) is 0 Å². The highest BCUT2D eigenvalue weighted by Gasteiger charge is 2.30. The fourth-order valence-corrected chi connectivity index (χ4v) is 2.38. The van der Waals surface area contributed by atoms with Crippen molar-refractivity contribution in [2.24, 2.45) is 0 Å². The minimum absolute atomic E-state index is 0.255. The molecule has 2 saturated heterocycles. The second-order valence-corrected chi connectivity index (χ2v) is 5.09. The van der Waals surface area contributed by atoms with Gasteiger partial charge in [0.15, 0.2) is 0 Å². The third-order valence-electron chi connectivity index (χ3n) is 3.64. The standard InChI is InChI=1S/C13H19N3O2/c1-10-6-14-13(15-7-10)18-12-2-4-16(5-3-12)11-8-17-9-11/h6-7,11-12H,2-5,8-9H2,1H3. The van der Waals surface area contributed by atoms with Crippen LogP contribution < -0.4 is 4.74 Å². The van der Waals surface area contributed by atoms with Crippen LogP contribution in [0.15, 0.2) is 12.4 Å². The molecular formula is C13H19N3O2. The number of aryl methyl sites for hydroxylation is 1. The van der Waals surface area contributed by atoms with Gasteiger partial charge in [-0.1, -0.05) is 0 Å². The summed E-state index contributed by atoms with van der Waals surface area (Å²) in [5.74, 6) is 0. The molecule has 0 unspecified atom stereocenters. The number of hydrogen-bond donors (Lipinski definition) is 0. The Morgan fingerprint density at radius 1 is 1.22 bits per heavy atom. The van der Waals surface area contributed by atoms with E-state index >= 15 is 0 Å². The van der Waals surface area contributed by atoms with Gasteiger partial charge in [0.1, 0.15) is 6.10 Å². The molecule has 1 aromatic heterocycles. The summed E-state index contributed by atoms with van der Waals surface area (Å²) in [6.07, 6.45) is 5.94. The fraction of sp³-hybridized carbons (Fsp3) is 0.692. The van der Waals surface area contributed by atoms with E-state index in [-0.39, 0.29) is 6.10 Å². The number of rotatable bonds is 3. The molecule has 0 aromatic carbocycles. The highest BCUT2D eigenvalue weighted by Crippen LogP contribution is 2.20. The normalized spacial score (nSPS) is 22.7. The van der Waals surface area contributed by atoms with E-state index in [9.17, 15) is 0 Å². The average molecular weight is 249 g/mol. The van der Waals surface area contributed by atoms with Gasteiger partial charge in [0.2, 0.25) is 0 Å². The van der Waals surface area contributed by atoms with E-state index in [1.54, 1.807) is 12.4 Å². The lowest BCUT2D eigenvalue weighted by molar-refractivity contribution is -0.0782. The van der Waals surface area contributed by atoms with E-state index in [0.29, 0.717) is 12.1 Å². The van der Waals surface area contributed by atoms with Crippen molar-refractivity contribution in [1.82, 2.24) is 14.9 Å². The van der Waals surface area contributed by atoms with Crippen LogP contribution in [-0.4, -0.2) is 53.3 Å². The maximum Gasteiger partial charge on any atom is 0.316 e. The number of hydrogen-bond acceptors (Lipinski definition) is 5. The predicted octanol–water partition coefficient (Wildman–Crippen LogP) is 1.03. The average Bonchev–Trinajstić information content (AvgIpc) is 2.32. The lowest BCUT2D eigenvalue weighted by atomic mass is 10.0. The highest BCUT2D eigenvalue weighted by atomic mass is 16.5. The molecule has 5 nitrogen and oxygen atoms in total. The van der Waals surface area contributed by atoms with E-state index in [1.165, 1.54) is 0 Å². The van der Waals surface area contributed by atoms with E-state index < -0.39 is 0 Å². The molecule has 3 heterocycles. The van der Waals surface area contributed by atoms with Crippen LogP contribution in [0.4, 0.5) is 0 Å². The van der Waals surface area contributed by atoms with Gasteiger partial charge in [0.05, 0.1) is 19.3 Å². The van der Waals surface area contributed by atoms with Crippen molar-refractivity contribution in [2.45, 2.75) is 31.9 Å². The smallest absolute Gasteiger partial charge is 0.316 e. The minimum Gasteiger partial charge on any atom is -0.460 e. The van der Waals surface area contributed by atoms with E-state index in [0.717, 1.165) is 44.7 Å². The summed E-state index contributed by atoms with van der Waals surface area (Å²) in [5.41, 5.74) is 1.06. The molecule has 0 aliphatic carbocycles. The van der Waals surface area contributed by atoms with Crippen molar-refractivity contribution < 1.29 is 9.47 Å². The molecule has 0 spiro atoms. The maximum atomic E-state index is 5.81. The SMILES string of the molecule is Cc1cnc(OC2CCN(C3COC3)CC2)nc1. The zero-order valence-corrected chi connectivity index (χ0v) is 10.7. The summed E-state index contributed by atoms with van der Waals surface area (Å²) in [7, 11) is 0. The van der Waals surface area contributed by atoms with Gasteiger partial charge in [0, 0.05) is 25.5 Å². The van der Waals surface area contributed by atoms with Crippen molar-refractivity contribution in [1.29, 1.82) is 0 Å². The van der Waals surface area contributed by atoms with Gasteiger partial charge in [0.25, 0.3) is 0 Å². The van der Waals surface area contributed by atoms with Gasteiger partial charge >= 0.3 is 6.01 Å². The second-order valence-electron chi connectivity index (χ2n) is 5.09. The van der Waals surface area contributed by atoms with Crippen LogP contribution in [0.5, 0.6) is 6.01 Å². The molecule has 1 aromatic rings. The van der Waals surface area contributed by atoms with Gasteiger partial charge < -0.3 is 9.47 Å². The van der Waals surface area contributed by atoms with E-state index in [1.807, 2.05) is 6.92 Å². The Morgan fingerprint density at radius 2 is 1.89 bits per heavy atom. The minimum atomic E-state index is 0.255. The van der Waals surface area contributed by atoms with Crippen molar-refractivity contribution in [3.05, 3.63) is 18.0 Å². The summed E-state index contributed by atoms with van der Waals surface area (Å²) in [4.78, 5) is 10.9. The van der Waals surface area contributed by atoms with Crippen LogP contribution in [0, 0.1) is 6.92 Å². The molecule has 0 saturated carbocycles. The Bertz CT molecular complexity index is 384. The first kappa shape index (κ1) is 11.9. The molecule has 0 bridgehead atoms. The summed E-state index contributed by atoms with van der Waals surface area (Å²) < 4.78 is 11.0. The van der Waals surface area contributed by atoms with E-state index in [2.05, 4.69) is 14.9 Å². The monoisotopic (exact) mass is 249 g/mol. The number of likely N-dealkylation sites (tertiary alicyclic amines) is 1. The van der Waals surface area contributed by atoms with Gasteiger partial charge in [-0.3, -0.25) is 4.90 Å². The maximum absolute atomic E-state index is 5.81. The van der Waals surface area contributed by atoms with Gasteiger partial charge in [-0.2, -0.15) is 0 Å². The van der Waals surface area contributed by atoms with Crippen molar-refractivity contribution in [2.75, 3.05) is 26.3 Å². The second kappa shape index (κ2) is 5.20. The summed E-state index contributed by atoms with van der Waals surface area (Å²) >= 11 is 0. The van der Waals surface area contributed by atoms with Crippen LogP contribution >= 0.6 is 0 Å². The Morgan fingerprint density at radius 3 is 2.44 bits per heavy atom. The molecule has 0 atom stereocenters. The molecule has 0 N–H and O–H groups in total. The van der Waals surface area contributed by atoms with E-state index in [4.69, 9.17) is 9.47 Å². The van der Waals surface area contributed by atoms with Crippen LogP contribution in [0.25, 0.3) is 0 Å². The third-order valence-corrected chi connectivity index (χ3v) is 3.64. The van der Waals surface area contributed by atoms with Gasteiger partial charge in [-0.25, -0.2) is 9.97 Å². The number of aromatic nitrogens is 2. The molecule has 0 radical (unpaired) electrons. The molecule has 0 amide bonds. The van der Waals surface area contributed by atoms with Gasteiger partial charge in [-0.05, 0) is 25.3 Å². The lowest BCUT2D eigenvalue weighted by Gasteiger charge is -2.41. The van der Waals surface area contributed by atoms with Crippen molar-refractivity contribution in [3.8, 4) is 6.01 Å². The summed E-state index contributed by atoms with van der Waals surface area (Å²) in [6, 6.07) is 1.15. The zero-order chi connectivity index (χ0) is 12.4.